The van der Waals surface area contributed by atoms with Crippen LogP contribution in [0.1, 0.15) is 27.2 Å². The minimum Gasteiger partial charge on any atom is -0.852 e. The van der Waals surface area contributed by atoms with Gasteiger partial charge in [-0.2, -0.15) is 0 Å². The van der Waals surface area contributed by atoms with E-state index in [4.69, 9.17) is 0 Å². The van der Waals surface area contributed by atoms with Gasteiger partial charge in [0.15, 0.2) is 0 Å². The van der Waals surface area contributed by atoms with Crippen molar-refractivity contribution in [3.05, 3.63) is 0 Å². The van der Waals surface area contributed by atoms with Gasteiger partial charge in [0.1, 0.15) is 0 Å². The number of hydrogen-bond donors (Lipinski definition) is 0. The van der Waals surface area contributed by atoms with Crippen molar-refractivity contribution < 1.29 is 56.5 Å². The van der Waals surface area contributed by atoms with Crippen molar-refractivity contribution in [1.82, 2.24) is 0 Å². The van der Waals surface area contributed by atoms with Gasteiger partial charge in [-0.3, -0.25) is 0 Å². The standard InChI is InChI=1S/C6H13O.K/c1-5(2)4-6(3)7;/h5-6H,4H2,1-3H3;/q-1;+1. The third-order valence-electron chi connectivity index (χ3n) is 0.803. The molecule has 1 atom stereocenters. The van der Waals surface area contributed by atoms with Gasteiger partial charge in [0.2, 0.25) is 0 Å². The monoisotopic (exact) mass is 140 g/mol. The van der Waals surface area contributed by atoms with E-state index in [1.54, 1.807) is 6.92 Å². The van der Waals surface area contributed by atoms with Crippen LogP contribution in [-0.4, -0.2) is 6.10 Å². The average Bonchev–Trinajstić information content (AvgIpc) is 1.27. The van der Waals surface area contributed by atoms with E-state index in [2.05, 4.69) is 13.8 Å². The molecule has 0 aliphatic rings. The van der Waals surface area contributed by atoms with Crippen LogP contribution in [0.3, 0.4) is 0 Å². The Kier molecular flexibility index (Phi) is 10.3. The second kappa shape index (κ2) is 6.71. The van der Waals surface area contributed by atoms with Crippen LogP contribution in [0.25, 0.3) is 0 Å². The summed E-state index contributed by atoms with van der Waals surface area (Å²) in [6.45, 7) is 5.84. The van der Waals surface area contributed by atoms with Crippen LogP contribution in [0, 0.1) is 5.92 Å². The summed E-state index contributed by atoms with van der Waals surface area (Å²) < 4.78 is 0. The zero-order chi connectivity index (χ0) is 5.86. The zero-order valence-corrected chi connectivity index (χ0v) is 9.39. The summed E-state index contributed by atoms with van der Waals surface area (Å²) in [6.07, 6.45) is 0.431. The summed E-state index contributed by atoms with van der Waals surface area (Å²) in [4.78, 5) is 0. The van der Waals surface area contributed by atoms with Crippen molar-refractivity contribution in [2.75, 3.05) is 0 Å². The summed E-state index contributed by atoms with van der Waals surface area (Å²) in [5.41, 5.74) is 0. The maximum Gasteiger partial charge on any atom is 1.00 e. The van der Waals surface area contributed by atoms with Gasteiger partial charge in [0.05, 0.1) is 0 Å². The van der Waals surface area contributed by atoms with Gasteiger partial charge < -0.3 is 5.11 Å². The van der Waals surface area contributed by atoms with Crippen molar-refractivity contribution >= 4 is 0 Å². The predicted octanol–water partition coefficient (Wildman–Crippen LogP) is -2.21. The minimum absolute atomic E-state index is 0. The van der Waals surface area contributed by atoms with Crippen molar-refractivity contribution in [2.24, 2.45) is 5.92 Å². The molecule has 0 aromatic rings. The van der Waals surface area contributed by atoms with Crippen molar-refractivity contribution in [3.8, 4) is 0 Å². The molecule has 0 bridgehead atoms. The van der Waals surface area contributed by atoms with Crippen LogP contribution in [0.4, 0.5) is 0 Å². The molecule has 44 valence electrons. The summed E-state index contributed by atoms with van der Waals surface area (Å²) in [6, 6.07) is 0. The molecule has 1 nitrogen and oxygen atoms in total. The topological polar surface area (TPSA) is 23.1 Å². The molecular weight excluding hydrogens is 127 g/mol. The van der Waals surface area contributed by atoms with Crippen molar-refractivity contribution in [3.63, 3.8) is 0 Å². The molecular formula is C6H13KO. The molecule has 1 unspecified atom stereocenters. The third-order valence-corrected chi connectivity index (χ3v) is 0.803. The first kappa shape index (κ1) is 12.3. The fourth-order valence-corrected chi connectivity index (χ4v) is 0.664. The first-order valence-corrected chi connectivity index (χ1v) is 2.78. The van der Waals surface area contributed by atoms with E-state index in [0.29, 0.717) is 5.92 Å². The molecule has 8 heavy (non-hydrogen) atoms. The molecule has 0 spiro atoms. The van der Waals surface area contributed by atoms with Crippen LogP contribution in [0.5, 0.6) is 0 Å². The normalized spacial score (nSPS) is 13.1. The summed E-state index contributed by atoms with van der Waals surface area (Å²) in [5.74, 6) is 0.562. The van der Waals surface area contributed by atoms with Gasteiger partial charge in [-0.25, -0.2) is 0 Å². The SMILES string of the molecule is CC(C)CC(C)[O-].[K+]. The van der Waals surface area contributed by atoms with Crippen molar-refractivity contribution in [1.29, 1.82) is 0 Å². The molecule has 0 saturated carbocycles. The Bertz CT molecular complexity index is 37.8. The second-order valence-corrected chi connectivity index (χ2v) is 2.44. The molecule has 0 aromatic heterocycles. The van der Waals surface area contributed by atoms with E-state index in [1.807, 2.05) is 0 Å². The first-order chi connectivity index (χ1) is 3.13. The molecule has 0 saturated heterocycles. The predicted molar refractivity (Wildman–Crippen MR) is 28.9 cm³/mol. The fourth-order valence-electron chi connectivity index (χ4n) is 0.664. The Morgan fingerprint density at radius 3 is 1.62 bits per heavy atom. The van der Waals surface area contributed by atoms with Gasteiger partial charge in [-0.05, 0) is 5.92 Å². The van der Waals surface area contributed by atoms with Crippen LogP contribution >= 0.6 is 0 Å². The molecule has 0 heterocycles. The van der Waals surface area contributed by atoms with E-state index in [-0.39, 0.29) is 57.5 Å². The van der Waals surface area contributed by atoms with Gasteiger partial charge >= 0.3 is 51.4 Å². The van der Waals surface area contributed by atoms with Crippen LogP contribution in [0.2, 0.25) is 0 Å². The molecule has 0 amide bonds. The van der Waals surface area contributed by atoms with Gasteiger partial charge in [0.25, 0.3) is 0 Å². The number of rotatable bonds is 2. The van der Waals surface area contributed by atoms with Crippen molar-refractivity contribution in [2.45, 2.75) is 33.3 Å². The molecule has 0 fully saturated rings. The minimum atomic E-state index is -0.375. The third kappa shape index (κ3) is 10.6. The molecule has 0 aromatic carbocycles. The molecule has 0 radical (unpaired) electrons. The Morgan fingerprint density at radius 2 is 1.62 bits per heavy atom. The molecule has 2 heteroatoms. The average molecular weight is 140 g/mol. The fraction of sp³-hybridized carbons (Fsp3) is 1.00. The Labute approximate surface area is 94.3 Å². The maximum absolute atomic E-state index is 10.3. The molecule has 0 N–H and O–H groups in total. The van der Waals surface area contributed by atoms with Gasteiger partial charge in [0, 0.05) is 0 Å². The van der Waals surface area contributed by atoms with Crippen LogP contribution in [-0.2, 0) is 0 Å². The summed E-state index contributed by atoms with van der Waals surface area (Å²) in [7, 11) is 0. The van der Waals surface area contributed by atoms with E-state index in [0.717, 1.165) is 6.42 Å². The van der Waals surface area contributed by atoms with Gasteiger partial charge in [-0.15, -0.1) is 6.10 Å². The molecule has 0 aliphatic carbocycles. The van der Waals surface area contributed by atoms with Crippen LogP contribution in [0.15, 0.2) is 0 Å². The van der Waals surface area contributed by atoms with E-state index >= 15 is 0 Å². The van der Waals surface area contributed by atoms with E-state index in [1.165, 1.54) is 0 Å². The Balaban J connectivity index is 0. The summed E-state index contributed by atoms with van der Waals surface area (Å²) in [5, 5.41) is 10.3. The van der Waals surface area contributed by atoms with Crippen LogP contribution < -0.4 is 56.5 Å². The first-order valence-electron chi connectivity index (χ1n) is 2.78. The van der Waals surface area contributed by atoms with Gasteiger partial charge in [-0.1, -0.05) is 27.2 Å². The maximum atomic E-state index is 10.3. The second-order valence-electron chi connectivity index (χ2n) is 2.44. The molecule has 0 rings (SSSR count). The molecule has 0 aliphatic heterocycles. The quantitative estimate of drug-likeness (QED) is 0.399. The van der Waals surface area contributed by atoms with E-state index < -0.39 is 0 Å². The zero-order valence-electron chi connectivity index (χ0n) is 6.27. The largest absolute Gasteiger partial charge is 1.00 e. The Hall–Kier alpha value is 1.60. The summed E-state index contributed by atoms with van der Waals surface area (Å²) >= 11 is 0. The Morgan fingerprint density at radius 1 is 1.25 bits per heavy atom. The smallest absolute Gasteiger partial charge is 0.852 e. The number of hydrogen-bond acceptors (Lipinski definition) is 1. The van der Waals surface area contributed by atoms with E-state index in [9.17, 15) is 5.11 Å².